The lowest BCUT2D eigenvalue weighted by Crippen LogP contribution is -2.34. The van der Waals surface area contributed by atoms with Crippen molar-refractivity contribution in [1.29, 1.82) is 0 Å². The predicted molar refractivity (Wildman–Crippen MR) is 78.3 cm³/mol. The first-order chi connectivity index (χ1) is 9.02. The second-order valence-electron chi connectivity index (χ2n) is 5.15. The van der Waals surface area contributed by atoms with Gasteiger partial charge in [0.2, 0.25) is 0 Å². The van der Waals surface area contributed by atoms with E-state index in [2.05, 4.69) is 0 Å². The molecule has 0 aromatic heterocycles. The van der Waals surface area contributed by atoms with Gasteiger partial charge in [-0.2, -0.15) is 0 Å². The Morgan fingerprint density at radius 1 is 1.32 bits per heavy atom. The Labute approximate surface area is 118 Å². The molecule has 2 rings (SSSR count). The second-order valence-corrected chi connectivity index (χ2v) is 6.20. The van der Waals surface area contributed by atoms with Gasteiger partial charge in [0.25, 0.3) is 0 Å². The topological polar surface area (TPSA) is 34.1 Å². The predicted octanol–water partition coefficient (Wildman–Crippen LogP) is 3.66. The summed E-state index contributed by atoms with van der Waals surface area (Å²) in [4.78, 5) is 24.9. The quantitative estimate of drug-likeness (QED) is 0.786. The summed E-state index contributed by atoms with van der Waals surface area (Å²) in [5.41, 5.74) is 0.442. The molecule has 100 valence electrons. The van der Waals surface area contributed by atoms with Crippen molar-refractivity contribution < 1.29 is 9.59 Å². The van der Waals surface area contributed by atoms with Crippen molar-refractivity contribution in [3.8, 4) is 0 Å². The van der Waals surface area contributed by atoms with Gasteiger partial charge in [0.1, 0.15) is 0 Å². The van der Waals surface area contributed by atoms with Gasteiger partial charge in [-0.25, -0.2) is 0 Å². The van der Waals surface area contributed by atoms with E-state index < -0.39 is 5.41 Å². The molecular weight excluding hydrogens is 256 g/mol. The Balaban J connectivity index is 2.04. The van der Waals surface area contributed by atoms with Gasteiger partial charge in [-0.15, -0.1) is 11.8 Å². The molecule has 0 spiro atoms. The molecule has 0 heterocycles. The molecule has 1 aliphatic carbocycles. The van der Waals surface area contributed by atoms with Crippen molar-refractivity contribution in [3.63, 3.8) is 0 Å². The van der Waals surface area contributed by atoms with E-state index in [0.717, 1.165) is 10.5 Å². The summed E-state index contributed by atoms with van der Waals surface area (Å²) in [5, 5.41) is 0. The molecule has 0 saturated carbocycles. The molecule has 1 unspecified atom stereocenters. The fraction of sp³-hybridized carbons (Fsp3) is 0.375. The normalized spacial score (nSPS) is 23.1. The largest absolute Gasteiger partial charge is 0.298 e. The van der Waals surface area contributed by atoms with E-state index in [9.17, 15) is 9.59 Å². The fourth-order valence-corrected chi connectivity index (χ4v) is 3.19. The summed E-state index contributed by atoms with van der Waals surface area (Å²) < 4.78 is 0. The van der Waals surface area contributed by atoms with E-state index in [-0.39, 0.29) is 11.6 Å². The molecule has 1 aliphatic rings. The molecule has 1 aromatic rings. The van der Waals surface area contributed by atoms with Gasteiger partial charge in [0, 0.05) is 16.7 Å². The number of carbonyl (C=O) groups is 2. The third-order valence-corrected chi connectivity index (χ3v) is 4.86. The Kier molecular flexibility index (Phi) is 4.25. The van der Waals surface area contributed by atoms with Crippen molar-refractivity contribution in [2.75, 3.05) is 5.75 Å². The van der Waals surface area contributed by atoms with Gasteiger partial charge in [-0.3, -0.25) is 9.59 Å². The van der Waals surface area contributed by atoms with Crippen LogP contribution >= 0.6 is 11.8 Å². The molecular formula is C16H18O2S. The average Bonchev–Trinajstić information content (AvgIpc) is 2.42. The summed E-state index contributed by atoms with van der Waals surface area (Å²) in [6.45, 7) is 3.85. The number of hydrogen-bond donors (Lipinski definition) is 0. The Hall–Kier alpha value is -1.35. The van der Waals surface area contributed by atoms with E-state index in [1.807, 2.05) is 44.2 Å². The van der Waals surface area contributed by atoms with Crippen molar-refractivity contribution in [1.82, 2.24) is 0 Å². The molecule has 0 saturated heterocycles. The van der Waals surface area contributed by atoms with Gasteiger partial charge in [0.15, 0.2) is 11.6 Å². The number of benzene rings is 1. The number of thioether (sulfide) groups is 1. The van der Waals surface area contributed by atoms with Crippen LogP contribution in [0.4, 0.5) is 0 Å². The standard InChI is InChI=1S/C16H18O2S/c1-12-10-13(17)8-9-16(12,2)15(18)11-19-14-6-4-3-5-7-14/h3-7,10H,8-9,11H2,1-2H3. The maximum Gasteiger partial charge on any atom is 0.155 e. The first kappa shape index (κ1) is 14.1. The van der Waals surface area contributed by atoms with E-state index in [1.165, 1.54) is 0 Å². The zero-order valence-corrected chi connectivity index (χ0v) is 12.1. The molecule has 0 radical (unpaired) electrons. The van der Waals surface area contributed by atoms with Crippen LogP contribution in [-0.2, 0) is 9.59 Å². The summed E-state index contributed by atoms with van der Waals surface area (Å²) >= 11 is 1.56. The highest BCUT2D eigenvalue weighted by Crippen LogP contribution is 2.38. The minimum atomic E-state index is -0.463. The number of allylic oxidation sites excluding steroid dienone is 2. The van der Waals surface area contributed by atoms with Crippen molar-refractivity contribution in [2.24, 2.45) is 5.41 Å². The highest BCUT2D eigenvalue weighted by atomic mass is 32.2. The number of ketones is 2. The molecule has 3 heteroatoms. The third kappa shape index (κ3) is 3.16. The summed E-state index contributed by atoms with van der Waals surface area (Å²) in [6.07, 6.45) is 2.76. The van der Waals surface area contributed by atoms with E-state index in [4.69, 9.17) is 0 Å². The number of hydrogen-bond acceptors (Lipinski definition) is 3. The summed E-state index contributed by atoms with van der Waals surface area (Å²) in [7, 11) is 0. The molecule has 0 N–H and O–H groups in total. The molecule has 0 aliphatic heterocycles. The smallest absolute Gasteiger partial charge is 0.155 e. The first-order valence-corrected chi connectivity index (χ1v) is 7.44. The van der Waals surface area contributed by atoms with Crippen LogP contribution in [0, 0.1) is 5.41 Å². The number of rotatable bonds is 4. The van der Waals surface area contributed by atoms with Crippen molar-refractivity contribution in [2.45, 2.75) is 31.6 Å². The molecule has 2 nitrogen and oxygen atoms in total. The fourth-order valence-electron chi connectivity index (χ4n) is 2.23. The summed E-state index contributed by atoms with van der Waals surface area (Å²) in [5.74, 6) is 0.806. The van der Waals surface area contributed by atoms with Gasteiger partial charge in [-0.05, 0) is 38.5 Å². The van der Waals surface area contributed by atoms with Crippen molar-refractivity contribution >= 4 is 23.3 Å². The lowest BCUT2D eigenvalue weighted by molar-refractivity contribution is -0.125. The zero-order chi connectivity index (χ0) is 13.9. The van der Waals surface area contributed by atoms with E-state index >= 15 is 0 Å². The van der Waals surface area contributed by atoms with Crippen LogP contribution < -0.4 is 0 Å². The van der Waals surface area contributed by atoms with Crippen molar-refractivity contribution in [3.05, 3.63) is 42.0 Å². The van der Waals surface area contributed by atoms with Crippen LogP contribution in [0.5, 0.6) is 0 Å². The molecule has 19 heavy (non-hydrogen) atoms. The summed E-state index contributed by atoms with van der Waals surface area (Å²) in [6, 6.07) is 9.92. The minimum absolute atomic E-state index is 0.137. The Morgan fingerprint density at radius 3 is 2.63 bits per heavy atom. The van der Waals surface area contributed by atoms with Crippen LogP contribution in [-0.4, -0.2) is 17.3 Å². The van der Waals surface area contributed by atoms with Gasteiger partial charge < -0.3 is 0 Å². The maximum absolute atomic E-state index is 12.4. The number of Topliss-reactive ketones (excluding diaryl/α,β-unsaturated/α-hetero) is 1. The molecule has 1 aromatic carbocycles. The SMILES string of the molecule is CC1=CC(=O)CCC1(C)C(=O)CSc1ccccc1. The molecule has 0 amide bonds. The van der Waals surface area contributed by atoms with Crippen LogP contribution in [0.2, 0.25) is 0 Å². The molecule has 1 atom stereocenters. The van der Waals surface area contributed by atoms with Crippen LogP contribution in [0.3, 0.4) is 0 Å². The average molecular weight is 274 g/mol. The lowest BCUT2D eigenvalue weighted by atomic mass is 9.72. The molecule has 0 fully saturated rings. The second kappa shape index (κ2) is 5.74. The van der Waals surface area contributed by atoms with Crippen LogP contribution in [0.1, 0.15) is 26.7 Å². The van der Waals surface area contributed by atoms with Gasteiger partial charge in [-0.1, -0.05) is 23.8 Å². The first-order valence-electron chi connectivity index (χ1n) is 6.45. The van der Waals surface area contributed by atoms with E-state index in [0.29, 0.717) is 18.6 Å². The molecule has 0 bridgehead atoms. The van der Waals surface area contributed by atoms with Crippen LogP contribution in [0.15, 0.2) is 46.9 Å². The lowest BCUT2D eigenvalue weighted by Gasteiger charge is -2.31. The third-order valence-electron chi connectivity index (χ3n) is 3.85. The van der Waals surface area contributed by atoms with Gasteiger partial charge in [0.05, 0.1) is 5.75 Å². The Bertz CT molecular complexity index is 519. The Morgan fingerprint density at radius 2 is 2.00 bits per heavy atom. The zero-order valence-electron chi connectivity index (χ0n) is 11.3. The van der Waals surface area contributed by atoms with E-state index in [1.54, 1.807) is 17.8 Å². The minimum Gasteiger partial charge on any atom is -0.298 e. The maximum atomic E-state index is 12.4. The highest BCUT2D eigenvalue weighted by molar-refractivity contribution is 8.00. The van der Waals surface area contributed by atoms with Gasteiger partial charge >= 0.3 is 0 Å². The number of carbonyl (C=O) groups excluding carboxylic acids is 2. The monoisotopic (exact) mass is 274 g/mol. The highest BCUT2D eigenvalue weighted by Gasteiger charge is 2.37. The van der Waals surface area contributed by atoms with Crippen LogP contribution in [0.25, 0.3) is 0 Å².